The molecule has 8 nitrogen and oxygen atoms in total. The molecule has 2 saturated heterocycles. The number of nitrogens with two attached hydrogens (primary N) is 2. The van der Waals surface area contributed by atoms with Gasteiger partial charge in [-0.3, -0.25) is 29.2 Å². The molecular formula is C14H28N6O2. The molecule has 0 aromatic heterocycles. The Labute approximate surface area is 132 Å². The summed E-state index contributed by atoms with van der Waals surface area (Å²) in [6.45, 7) is 9.81. The van der Waals surface area contributed by atoms with E-state index in [2.05, 4.69) is 19.6 Å². The maximum Gasteiger partial charge on any atom is 0.231 e. The van der Waals surface area contributed by atoms with E-state index in [0.29, 0.717) is 13.1 Å². The lowest BCUT2D eigenvalue weighted by atomic mass is 10.3. The van der Waals surface area contributed by atoms with Gasteiger partial charge in [0.25, 0.3) is 0 Å². The molecule has 2 heterocycles. The van der Waals surface area contributed by atoms with Gasteiger partial charge in [0.1, 0.15) is 0 Å². The zero-order chi connectivity index (χ0) is 15.9. The van der Waals surface area contributed by atoms with E-state index < -0.39 is 0 Å². The van der Waals surface area contributed by atoms with Gasteiger partial charge in [0.2, 0.25) is 11.8 Å². The largest absolute Gasteiger partial charge is 0.369 e. The van der Waals surface area contributed by atoms with Gasteiger partial charge in [0, 0.05) is 65.4 Å². The predicted molar refractivity (Wildman–Crippen MR) is 84.1 cm³/mol. The van der Waals surface area contributed by atoms with Crippen molar-refractivity contribution in [2.75, 3.05) is 78.5 Å². The highest BCUT2D eigenvalue weighted by molar-refractivity contribution is 5.76. The van der Waals surface area contributed by atoms with Crippen molar-refractivity contribution in [2.24, 2.45) is 11.5 Å². The van der Waals surface area contributed by atoms with Crippen molar-refractivity contribution in [3.63, 3.8) is 0 Å². The van der Waals surface area contributed by atoms with E-state index in [0.717, 1.165) is 65.4 Å². The fourth-order valence-corrected chi connectivity index (χ4v) is 3.07. The van der Waals surface area contributed by atoms with E-state index in [1.165, 1.54) is 0 Å². The van der Waals surface area contributed by atoms with Crippen LogP contribution in [0.2, 0.25) is 0 Å². The molecule has 8 heteroatoms. The highest BCUT2D eigenvalue weighted by atomic mass is 16.1. The minimum atomic E-state index is -0.267. The van der Waals surface area contributed by atoms with Crippen LogP contribution in [0.15, 0.2) is 0 Å². The smallest absolute Gasteiger partial charge is 0.231 e. The summed E-state index contributed by atoms with van der Waals surface area (Å²) in [6, 6.07) is 0. The molecule has 2 bridgehead atoms. The van der Waals surface area contributed by atoms with Crippen molar-refractivity contribution in [1.82, 2.24) is 19.6 Å². The van der Waals surface area contributed by atoms with Crippen molar-refractivity contribution in [2.45, 2.75) is 0 Å². The van der Waals surface area contributed by atoms with Crippen LogP contribution < -0.4 is 11.5 Å². The molecule has 2 aliphatic rings. The van der Waals surface area contributed by atoms with E-state index in [-0.39, 0.29) is 11.8 Å². The molecule has 126 valence electrons. The fourth-order valence-electron chi connectivity index (χ4n) is 3.07. The molecule has 2 amide bonds. The lowest BCUT2D eigenvalue weighted by molar-refractivity contribution is -0.119. The summed E-state index contributed by atoms with van der Waals surface area (Å²) in [4.78, 5) is 31.4. The molecule has 2 rings (SSSR count). The van der Waals surface area contributed by atoms with Crippen LogP contribution in [0.5, 0.6) is 0 Å². The number of carbonyl (C=O) groups excluding carboxylic acids is 2. The second-order valence-electron chi connectivity index (χ2n) is 6.17. The van der Waals surface area contributed by atoms with Gasteiger partial charge < -0.3 is 11.5 Å². The number of primary amides is 2. The first kappa shape index (κ1) is 17.1. The van der Waals surface area contributed by atoms with Gasteiger partial charge in [-0.2, -0.15) is 0 Å². The third kappa shape index (κ3) is 5.88. The quantitative estimate of drug-likeness (QED) is 0.581. The molecule has 0 radical (unpaired) electrons. The van der Waals surface area contributed by atoms with E-state index in [4.69, 9.17) is 11.5 Å². The number of hydrogen-bond acceptors (Lipinski definition) is 6. The Balaban J connectivity index is 1.98. The van der Waals surface area contributed by atoms with Gasteiger partial charge in [0.05, 0.1) is 13.1 Å². The summed E-state index contributed by atoms with van der Waals surface area (Å²) in [5, 5.41) is 0. The second-order valence-corrected chi connectivity index (χ2v) is 6.17. The zero-order valence-corrected chi connectivity index (χ0v) is 13.2. The van der Waals surface area contributed by atoms with Gasteiger partial charge in [0.15, 0.2) is 0 Å². The molecular weight excluding hydrogens is 284 g/mol. The number of rotatable bonds is 4. The predicted octanol–water partition coefficient (Wildman–Crippen LogP) is -2.81. The zero-order valence-electron chi connectivity index (χ0n) is 13.2. The van der Waals surface area contributed by atoms with E-state index >= 15 is 0 Å². The molecule has 0 atom stereocenters. The Kier molecular flexibility index (Phi) is 6.56. The van der Waals surface area contributed by atoms with Gasteiger partial charge >= 0.3 is 0 Å². The molecule has 0 unspecified atom stereocenters. The average Bonchev–Trinajstić information content (AvgIpc) is 2.58. The van der Waals surface area contributed by atoms with E-state index in [9.17, 15) is 9.59 Å². The molecule has 0 saturated carbocycles. The average molecular weight is 312 g/mol. The topological polar surface area (TPSA) is 99.1 Å². The first-order chi connectivity index (χ1) is 10.5. The Bertz CT molecular complexity index is 340. The minimum absolute atomic E-state index is 0.267. The number of nitrogens with zero attached hydrogens (tertiary/aromatic N) is 4. The van der Waals surface area contributed by atoms with Crippen LogP contribution in [0.1, 0.15) is 0 Å². The lowest BCUT2D eigenvalue weighted by Crippen LogP contribution is -2.45. The molecule has 0 spiro atoms. The van der Waals surface area contributed by atoms with Crippen molar-refractivity contribution in [1.29, 1.82) is 0 Å². The summed E-state index contributed by atoms with van der Waals surface area (Å²) in [5.74, 6) is -0.533. The summed E-state index contributed by atoms with van der Waals surface area (Å²) >= 11 is 0. The Morgan fingerprint density at radius 1 is 0.591 bits per heavy atom. The maximum absolute atomic E-state index is 11.2. The highest BCUT2D eigenvalue weighted by Crippen LogP contribution is 2.04. The number of amides is 2. The normalized spacial score (nSPS) is 28.7. The van der Waals surface area contributed by atoms with E-state index in [1.807, 2.05) is 0 Å². The number of carbonyl (C=O) groups is 2. The molecule has 2 fully saturated rings. The second kappa shape index (κ2) is 8.42. The van der Waals surface area contributed by atoms with Crippen molar-refractivity contribution in [3.05, 3.63) is 0 Å². The fraction of sp³-hybridized carbons (Fsp3) is 0.857. The van der Waals surface area contributed by atoms with Crippen LogP contribution in [-0.2, 0) is 9.59 Å². The summed E-state index contributed by atoms with van der Waals surface area (Å²) in [5.41, 5.74) is 10.7. The molecule has 0 aromatic rings. The van der Waals surface area contributed by atoms with Crippen LogP contribution >= 0.6 is 0 Å². The SMILES string of the molecule is NC(=O)CN1CCN2CCN(CC1)CCN(CC(N)=O)CC2. The lowest BCUT2D eigenvalue weighted by Gasteiger charge is -2.28. The first-order valence-corrected chi connectivity index (χ1v) is 7.99. The van der Waals surface area contributed by atoms with Gasteiger partial charge in [-0.15, -0.1) is 0 Å². The Morgan fingerprint density at radius 2 is 0.864 bits per heavy atom. The van der Waals surface area contributed by atoms with Crippen LogP contribution in [-0.4, -0.2) is 110 Å². The molecule has 2 aliphatic heterocycles. The Hall–Kier alpha value is -1.22. The summed E-state index contributed by atoms with van der Waals surface area (Å²) in [7, 11) is 0. The van der Waals surface area contributed by atoms with Gasteiger partial charge in [-0.1, -0.05) is 0 Å². The summed E-state index contributed by atoms with van der Waals surface area (Å²) < 4.78 is 0. The van der Waals surface area contributed by atoms with Crippen molar-refractivity contribution in [3.8, 4) is 0 Å². The third-order valence-electron chi connectivity index (χ3n) is 4.42. The van der Waals surface area contributed by atoms with Crippen LogP contribution in [0.3, 0.4) is 0 Å². The molecule has 0 aromatic carbocycles. The van der Waals surface area contributed by atoms with Crippen LogP contribution in [0.4, 0.5) is 0 Å². The van der Waals surface area contributed by atoms with Crippen LogP contribution in [0, 0.1) is 0 Å². The molecule has 0 aliphatic carbocycles. The highest BCUT2D eigenvalue weighted by Gasteiger charge is 2.21. The van der Waals surface area contributed by atoms with Gasteiger partial charge in [-0.25, -0.2) is 0 Å². The maximum atomic E-state index is 11.2. The third-order valence-corrected chi connectivity index (χ3v) is 4.42. The molecule has 4 N–H and O–H groups in total. The minimum Gasteiger partial charge on any atom is -0.369 e. The van der Waals surface area contributed by atoms with Gasteiger partial charge in [-0.05, 0) is 0 Å². The number of hydrogen-bond donors (Lipinski definition) is 2. The van der Waals surface area contributed by atoms with Crippen LogP contribution in [0.25, 0.3) is 0 Å². The molecule has 22 heavy (non-hydrogen) atoms. The standard InChI is InChI=1S/C14H28N6O2/c15-13(21)11-19-7-3-17-1-2-18(5-9-19)6-10-20(8-4-17)12-14(16)22/h1-12H2,(H2,15,21)(H2,16,22). The van der Waals surface area contributed by atoms with Crippen molar-refractivity contribution >= 4 is 11.8 Å². The first-order valence-electron chi connectivity index (χ1n) is 7.99. The van der Waals surface area contributed by atoms with Crippen molar-refractivity contribution < 1.29 is 9.59 Å². The monoisotopic (exact) mass is 312 g/mol. The van der Waals surface area contributed by atoms with E-state index in [1.54, 1.807) is 0 Å². The summed E-state index contributed by atoms with van der Waals surface area (Å²) in [6.07, 6.45) is 0. The number of fused-ring (bicyclic) bond motifs is 3. The Morgan fingerprint density at radius 3 is 1.14 bits per heavy atom.